The number of carbonyl (C=O) groups excluding carboxylic acids is 1. The van der Waals surface area contributed by atoms with Crippen LogP contribution >= 0.6 is 12.4 Å². The van der Waals surface area contributed by atoms with Crippen molar-refractivity contribution in [2.24, 2.45) is 11.8 Å². The number of piperidine rings is 1. The number of halogens is 1. The lowest BCUT2D eigenvalue weighted by atomic mass is 9.86. The van der Waals surface area contributed by atoms with Gasteiger partial charge in [0.05, 0.1) is 0 Å². The van der Waals surface area contributed by atoms with Crippen molar-refractivity contribution < 1.29 is 4.79 Å². The summed E-state index contributed by atoms with van der Waals surface area (Å²) >= 11 is 0. The lowest BCUT2D eigenvalue weighted by molar-refractivity contribution is -0.122. The van der Waals surface area contributed by atoms with E-state index in [1.54, 1.807) is 0 Å². The van der Waals surface area contributed by atoms with Gasteiger partial charge in [0.1, 0.15) is 0 Å². The van der Waals surface area contributed by atoms with Gasteiger partial charge < -0.3 is 10.6 Å². The van der Waals surface area contributed by atoms with Crippen LogP contribution in [-0.2, 0) is 4.79 Å². The van der Waals surface area contributed by atoms with E-state index in [1.165, 1.54) is 44.9 Å². The zero-order valence-electron chi connectivity index (χ0n) is 12.8. The van der Waals surface area contributed by atoms with Gasteiger partial charge in [-0.15, -0.1) is 12.4 Å². The van der Waals surface area contributed by atoms with Crippen molar-refractivity contribution in [2.45, 2.75) is 70.8 Å². The first-order valence-corrected chi connectivity index (χ1v) is 8.26. The molecule has 2 rings (SSSR count). The summed E-state index contributed by atoms with van der Waals surface area (Å²) in [5.74, 6) is 1.70. The molecule has 1 saturated heterocycles. The highest BCUT2D eigenvalue weighted by atomic mass is 35.5. The number of nitrogens with one attached hydrogen (secondary N) is 2. The molecule has 0 bridgehead atoms. The summed E-state index contributed by atoms with van der Waals surface area (Å²) in [6, 6.07) is 0.326. The van der Waals surface area contributed by atoms with Crippen LogP contribution in [0.3, 0.4) is 0 Å². The van der Waals surface area contributed by atoms with Gasteiger partial charge in [-0.2, -0.15) is 0 Å². The summed E-state index contributed by atoms with van der Waals surface area (Å²) in [5.41, 5.74) is 0. The molecular weight excluding hydrogens is 272 g/mol. The lowest BCUT2D eigenvalue weighted by Crippen LogP contribution is -2.44. The topological polar surface area (TPSA) is 41.1 Å². The lowest BCUT2D eigenvalue weighted by Gasteiger charge is -2.29. The normalized spacial score (nSPS) is 25.6. The average molecular weight is 303 g/mol. The van der Waals surface area contributed by atoms with Gasteiger partial charge in [0.2, 0.25) is 5.91 Å². The molecule has 4 heteroatoms. The predicted molar refractivity (Wildman–Crippen MR) is 86.3 cm³/mol. The number of rotatable bonds is 5. The van der Waals surface area contributed by atoms with E-state index >= 15 is 0 Å². The van der Waals surface area contributed by atoms with Crippen LogP contribution in [0.4, 0.5) is 0 Å². The minimum absolute atomic E-state index is 0. The molecule has 2 N–H and O–H groups in total. The van der Waals surface area contributed by atoms with E-state index < -0.39 is 0 Å². The minimum atomic E-state index is 0. The summed E-state index contributed by atoms with van der Waals surface area (Å²) in [6.07, 6.45) is 11.1. The van der Waals surface area contributed by atoms with Crippen molar-refractivity contribution in [3.8, 4) is 0 Å². The molecule has 1 heterocycles. The third-order valence-corrected chi connectivity index (χ3v) is 4.94. The zero-order valence-corrected chi connectivity index (χ0v) is 13.6. The smallest absolute Gasteiger partial charge is 0.220 e. The zero-order chi connectivity index (χ0) is 13.5. The summed E-state index contributed by atoms with van der Waals surface area (Å²) in [4.78, 5) is 12.0. The van der Waals surface area contributed by atoms with Gasteiger partial charge in [-0.1, -0.05) is 32.1 Å². The minimum Gasteiger partial charge on any atom is -0.353 e. The van der Waals surface area contributed by atoms with E-state index in [-0.39, 0.29) is 18.3 Å². The molecule has 2 fully saturated rings. The van der Waals surface area contributed by atoms with Gasteiger partial charge in [0.15, 0.2) is 0 Å². The molecule has 1 amide bonds. The van der Waals surface area contributed by atoms with Crippen LogP contribution in [0.1, 0.15) is 64.7 Å². The first-order valence-electron chi connectivity index (χ1n) is 8.26. The van der Waals surface area contributed by atoms with Crippen molar-refractivity contribution in [2.75, 3.05) is 13.1 Å². The molecule has 2 unspecified atom stereocenters. The number of carbonyl (C=O) groups is 1. The van der Waals surface area contributed by atoms with Crippen LogP contribution in [0.25, 0.3) is 0 Å². The molecule has 0 spiro atoms. The molecule has 1 aliphatic heterocycles. The van der Waals surface area contributed by atoms with Crippen LogP contribution in [0, 0.1) is 11.8 Å². The molecule has 0 aromatic carbocycles. The highest BCUT2D eigenvalue weighted by Gasteiger charge is 2.21. The molecule has 118 valence electrons. The van der Waals surface area contributed by atoms with Gasteiger partial charge >= 0.3 is 0 Å². The van der Waals surface area contributed by atoms with E-state index in [9.17, 15) is 4.79 Å². The van der Waals surface area contributed by atoms with Crippen molar-refractivity contribution >= 4 is 18.3 Å². The van der Waals surface area contributed by atoms with Crippen LogP contribution in [-0.4, -0.2) is 25.0 Å². The molecule has 3 nitrogen and oxygen atoms in total. The second-order valence-electron chi connectivity index (χ2n) is 6.51. The van der Waals surface area contributed by atoms with Gasteiger partial charge in [-0.05, 0) is 51.1 Å². The number of hydrogen-bond donors (Lipinski definition) is 2. The van der Waals surface area contributed by atoms with E-state index in [1.807, 2.05) is 0 Å². The Morgan fingerprint density at radius 3 is 2.60 bits per heavy atom. The quantitative estimate of drug-likeness (QED) is 0.818. The van der Waals surface area contributed by atoms with Crippen molar-refractivity contribution in [1.29, 1.82) is 0 Å². The average Bonchev–Trinajstić information content (AvgIpc) is 2.47. The van der Waals surface area contributed by atoms with Crippen LogP contribution < -0.4 is 10.6 Å². The van der Waals surface area contributed by atoms with Gasteiger partial charge in [-0.25, -0.2) is 0 Å². The fourth-order valence-electron chi connectivity index (χ4n) is 3.56. The molecule has 0 aromatic rings. The standard InChI is InChI=1S/C16H30N2O.ClH/c1-13(15-8-5-11-17-12-15)18-16(19)10-9-14-6-3-2-4-7-14;/h13-15,17H,2-12H2,1H3,(H,18,19);1H. The Bertz CT molecular complexity index is 274. The van der Waals surface area contributed by atoms with Gasteiger partial charge in [0.25, 0.3) is 0 Å². The maximum atomic E-state index is 12.0. The van der Waals surface area contributed by atoms with E-state index in [0.717, 1.165) is 31.8 Å². The molecular formula is C16H31ClN2O. The third kappa shape index (κ3) is 6.01. The van der Waals surface area contributed by atoms with Crippen LogP contribution in [0.15, 0.2) is 0 Å². The molecule has 0 radical (unpaired) electrons. The first-order chi connectivity index (χ1) is 9.25. The molecule has 2 aliphatic rings. The molecule has 1 saturated carbocycles. The Kier molecular flexibility index (Phi) is 8.55. The summed E-state index contributed by atoms with van der Waals surface area (Å²) in [6.45, 7) is 4.36. The van der Waals surface area contributed by atoms with Crippen molar-refractivity contribution in [1.82, 2.24) is 10.6 Å². The van der Waals surface area contributed by atoms with E-state index in [4.69, 9.17) is 0 Å². The Morgan fingerprint density at radius 1 is 1.20 bits per heavy atom. The van der Waals surface area contributed by atoms with Crippen LogP contribution in [0.5, 0.6) is 0 Å². The molecule has 0 aromatic heterocycles. The second-order valence-corrected chi connectivity index (χ2v) is 6.51. The van der Waals surface area contributed by atoms with Crippen LogP contribution in [0.2, 0.25) is 0 Å². The van der Waals surface area contributed by atoms with Crippen molar-refractivity contribution in [3.63, 3.8) is 0 Å². The Hall–Kier alpha value is -0.280. The van der Waals surface area contributed by atoms with E-state index in [2.05, 4.69) is 17.6 Å². The summed E-state index contributed by atoms with van der Waals surface area (Å²) < 4.78 is 0. The maximum absolute atomic E-state index is 12.0. The molecule has 1 aliphatic carbocycles. The highest BCUT2D eigenvalue weighted by Crippen LogP contribution is 2.27. The summed E-state index contributed by atoms with van der Waals surface area (Å²) in [5, 5.41) is 6.63. The first kappa shape index (κ1) is 17.8. The maximum Gasteiger partial charge on any atom is 0.220 e. The highest BCUT2D eigenvalue weighted by molar-refractivity contribution is 5.85. The molecule has 2 atom stereocenters. The fraction of sp³-hybridized carbons (Fsp3) is 0.938. The van der Waals surface area contributed by atoms with E-state index in [0.29, 0.717) is 12.0 Å². The third-order valence-electron chi connectivity index (χ3n) is 4.94. The number of amides is 1. The largest absolute Gasteiger partial charge is 0.353 e. The molecule has 20 heavy (non-hydrogen) atoms. The number of hydrogen-bond acceptors (Lipinski definition) is 2. The summed E-state index contributed by atoms with van der Waals surface area (Å²) in [7, 11) is 0. The SMILES string of the molecule is CC(NC(=O)CCC1CCCCC1)C1CCCNC1.Cl. The Balaban J connectivity index is 0.00000200. The predicted octanol–water partition coefficient (Wildman–Crippen LogP) is 3.27. The van der Waals surface area contributed by atoms with Crippen molar-refractivity contribution in [3.05, 3.63) is 0 Å². The Labute approximate surface area is 130 Å². The second kappa shape index (κ2) is 9.62. The monoisotopic (exact) mass is 302 g/mol. The van der Waals surface area contributed by atoms with Gasteiger partial charge in [0, 0.05) is 12.5 Å². The fourth-order valence-corrected chi connectivity index (χ4v) is 3.56. The Morgan fingerprint density at radius 2 is 1.95 bits per heavy atom. The van der Waals surface area contributed by atoms with Gasteiger partial charge in [-0.3, -0.25) is 4.79 Å².